The molecule has 1 aliphatic rings. The summed E-state index contributed by atoms with van der Waals surface area (Å²) in [5.74, 6) is 0.359. The Labute approximate surface area is 90.1 Å². The predicted octanol–water partition coefficient (Wildman–Crippen LogP) is 0.294. The second-order valence-electron chi connectivity index (χ2n) is 3.97. The van der Waals surface area contributed by atoms with Gasteiger partial charge in [-0.25, -0.2) is 0 Å². The van der Waals surface area contributed by atoms with Gasteiger partial charge in [-0.15, -0.1) is 0 Å². The van der Waals surface area contributed by atoms with Crippen LogP contribution in [0, 0.1) is 5.92 Å². The zero-order valence-electron chi connectivity index (χ0n) is 9.36. The number of oxime groups is 1. The number of amides is 1. The van der Waals surface area contributed by atoms with E-state index in [1.807, 2.05) is 6.92 Å². The highest BCUT2D eigenvalue weighted by molar-refractivity contribution is 5.87. The van der Waals surface area contributed by atoms with Crippen LogP contribution in [-0.2, 0) is 4.79 Å². The van der Waals surface area contributed by atoms with E-state index in [2.05, 4.69) is 15.4 Å². The Morgan fingerprint density at radius 2 is 2.47 bits per heavy atom. The van der Waals surface area contributed by atoms with Crippen LogP contribution in [-0.4, -0.2) is 48.4 Å². The monoisotopic (exact) mass is 213 g/mol. The average Bonchev–Trinajstić information content (AvgIpc) is 2.26. The zero-order chi connectivity index (χ0) is 11.3. The molecule has 0 spiro atoms. The van der Waals surface area contributed by atoms with E-state index in [0.717, 1.165) is 31.8 Å². The number of carbonyl (C=O) groups is 1. The summed E-state index contributed by atoms with van der Waals surface area (Å²) >= 11 is 0. The summed E-state index contributed by atoms with van der Waals surface area (Å²) < 4.78 is 0. The Kier molecular flexibility index (Phi) is 4.55. The van der Waals surface area contributed by atoms with E-state index < -0.39 is 0 Å². The van der Waals surface area contributed by atoms with Gasteiger partial charge in [0.25, 0.3) is 0 Å². The van der Waals surface area contributed by atoms with Crippen LogP contribution in [0.25, 0.3) is 0 Å². The topological polar surface area (TPSA) is 64.9 Å². The van der Waals surface area contributed by atoms with Crippen molar-refractivity contribution in [3.05, 3.63) is 0 Å². The fourth-order valence-corrected chi connectivity index (χ4v) is 1.84. The van der Waals surface area contributed by atoms with Crippen LogP contribution in [0.1, 0.15) is 19.8 Å². The summed E-state index contributed by atoms with van der Waals surface area (Å²) in [6.07, 6.45) is 1.33. The van der Waals surface area contributed by atoms with Gasteiger partial charge in [0.15, 0.2) is 0 Å². The number of hydrogen-bond donors (Lipinski definition) is 2. The molecule has 0 saturated carbocycles. The normalized spacial score (nSPS) is 25.5. The molecule has 0 bridgehead atoms. The van der Waals surface area contributed by atoms with Crippen molar-refractivity contribution in [2.75, 3.05) is 26.7 Å². The van der Waals surface area contributed by atoms with Crippen LogP contribution in [0.4, 0.5) is 0 Å². The molecule has 1 heterocycles. The minimum atomic E-state index is 0.0734. The third kappa shape index (κ3) is 3.51. The summed E-state index contributed by atoms with van der Waals surface area (Å²) in [6, 6.07) is 0. The first kappa shape index (κ1) is 12.0. The minimum absolute atomic E-state index is 0.0734. The van der Waals surface area contributed by atoms with Crippen LogP contribution in [0.3, 0.4) is 0 Å². The molecule has 1 saturated heterocycles. The van der Waals surface area contributed by atoms with Crippen molar-refractivity contribution >= 4 is 11.6 Å². The van der Waals surface area contributed by atoms with Crippen molar-refractivity contribution in [3.8, 4) is 0 Å². The van der Waals surface area contributed by atoms with Crippen molar-refractivity contribution in [1.82, 2.24) is 10.2 Å². The smallest absolute Gasteiger partial charge is 0.221 e. The number of nitrogens with zero attached hydrogens (tertiary/aromatic N) is 2. The van der Waals surface area contributed by atoms with E-state index in [0.29, 0.717) is 6.42 Å². The fourth-order valence-electron chi connectivity index (χ4n) is 1.84. The third-order valence-electron chi connectivity index (χ3n) is 2.85. The summed E-state index contributed by atoms with van der Waals surface area (Å²) in [5.41, 5.74) is 0.867. The van der Waals surface area contributed by atoms with E-state index in [1.54, 1.807) is 7.05 Å². The highest BCUT2D eigenvalue weighted by Gasteiger charge is 2.22. The van der Waals surface area contributed by atoms with Gasteiger partial charge in [0.2, 0.25) is 5.91 Å². The number of hydrogen-bond acceptors (Lipinski definition) is 4. The Balaban J connectivity index is 2.32. The molecule has 1 rings (SSSR count). The lowest BCUT2D eigenvalue weighted by atomic mass is 9.97. The highest BCUT2D eigenvalue weighted by Crippen LogP contribution is 2.13. The molecule has 5 nitrogen and oxygen atoms in total. The number of likely N-dealkylation sites (tertiary alicyclic amines) is 1. The summed E-state index contributed by atoms with van der Waals surface area (Å²) in [5, 5.41) is 14.6. The second-order valence-corrected chi connectivity index (χ2v) is 3.97. The van der Waals surface area contributed by atoms with E-state index in [9.17, 15) is 4.79 Å². The van der Waals surface area contributed by atoms with Gasteiger partial charge in [-0.2, -0.15) is 0 Å². The molecule has 0 aromatic carbocycles. The first-order chi connectivity index (χ1) is 7.17. The fraction of sp³-hybridized carbons (Fsp3) is 0.800. The van der Waals surface area contributed by atoms with Crippen LogP contribution in [0.5, 0.6) is 0 Å². The molecule has 1 aliphatic heterocycles. The molecule has 1 fully saturated rings. The van der Waals surface area contributed by atoms with Gasteiger partial charge < -0.3 is 15.4 Å². The second kappa shape index (κ2) is 5.70. The summed E-state index contributed by atoms with van der Waals surface area (Å²) in [6.45, 7) is 4.57. The number of rotatable bonds is 3. The number of nitrogens with one attached hydrogen (secondary N) is 1. The lowest BCUT2D eigenvalue weighted by Crippen LogP contribution is -2.41. The van der Waals surface area contributed by atoms with Gasteiger partial charge in [-0.05, 0) is 0 Å². The summed E-state index contributed by atoms with van der Waals surface area (Å²) in [4.78, 5) is 13.3. The standard InChI is InChI=1S/C10H19N3O2/c1-8-7-13(5-3-9(8)12-15)6-4-10(14)11-2/h8,15H,3-7H2,1-2H3,(H,11,14). The predicted molar refractivity (Wildman–Crippen MR) is 58.1 cm³/mol. The van der Waals surface area contributed by atoms with Gasteiger partial charge in [0.05, 0.1) is 5.71 Å². The molecule has 15 heavy (non-hydrogen) atoms. The lowest BCUT2D eigenvalue weighted by Gasteiger charge is -2.31. The van der Waals surface area contributed by atoms with Crippen molar-refractivity contribution in [2.45, 2.75) is 19.8 Å². The largest absolute Gasteiger partial charge is 0.411 e. The SMILES string of the molecule is CNC(=O)CCN1CCC(=NO)C(C)C1. The zero-order valence-corrected chi connectivity index (χ0v) is 9.36. The van der Waals surface area contributed by atoms with Crippen LogP contribution in [0.2, 0.25) is 0 Å². The van der Waals surface area contributed by atoms with Gasteiger partial charge in [0.1, 0.15) is 0 Å². The molecule has 86 valence electrons. The first-order valence-electron chi connectivity index (χ1n) is 5.31. The molecule has 0 radical (unpaired) electrons. The van der Waals surface area contributed by atoms with Gasteiger partial charge >= 0.3 is 0 Å². The van der Waals surface area contributed by atoms with E-state index in [-0.39, 0.29) is 11.8 Å². The van der Waals surface area contributed by atoms with Crippen LogP contribution < -0.4 is 5.32 Å². The molecular formula is C10H19N3O2. The maximum Gasteiger partial charge on any atom is 0.221 e. The molecule has 0 aromatic heterocycles. The van der Waals surface area contributed by atoms with E-state index >= 15 is 0 Å². The molecule has 1 atom stereocenters. The Hall–Kier alpha value is -1.10. The van der Waals surface area contributed by atoms with Gasteiger partial charge in [-0.3, -0.25) is 4.79 Å². The molecule has 1 unspecified atom stereocenters. The molecule has 0 aromatic rings. The molecule has 5 heteroatoms. The average molecular weight is 213 g/mol. The minimum Gasteiger partial charge on any atom is -0.411 e. The van der Waals surface area contributed by atoms with Gasteiger partial charge in [0, 0.05) is 45.4 Å². The van der Waals surface area contributed by atoms with Crippen molar-refractivity contribution < 1.29 is 10.0 Å². The van der Waals surface area contributed by atoms with Crippen molar-refractivity contribution in [3.63, 3.8) is 0 Å². The van der Waals surface area contributed by atoms with Crippen molar-refractivity contribution in [2.24, 2.45) is 11.1 Å². The Morgan fingerprint density at radius 1 is 1.73 bits per heavy atom. The first-order valence-corrected chi connectivity index (χ1v) is 5.31. The maximum absolute atomic E-state index is 11.1. The molecule has 2 N–H and O–H groups in total. The van der Waals surface area contributed by atoms with Crippen molar-refractivity contribution in [1.29, 1.82) is 0 Å². The Bertz CT molecular complexity index is 253. The van der Waals surface area contributed by atoms with E-state index in [1.165, 1.54) is 0 Å². The van der Waals surface area contributed by atoms with Crippen LogP contribution >= 0.6 is 0 Å². The van der Waals surface area contributed by atoms with Gasteiger partial charge in [-0.1, -0.05) is 12.1 Å². The molecular weight excluding hydrogens is 194 g/mol. The third-order valence-corrected chi connectivity index (χ3v) is 2.85. The number of carbonyl (C=O) groups excluding carboxylic acids is 1. The highest BCUT2D eigenvalue weighted by atomic mass is 16.4. The lowest BCUT2D eigenvalue weighted by molar-refractivity contribution is -0.120. The maximum atomic E-state index is 11.1. The van der Waals surface area contributed by atoms with Crippen LogP contribution in [0.15, 0.2) is 5.16 Å². The Morgan fingerprint density at radius 3 is 3.00 bits per heavy atom. The number of piperidine rings is 1. The molecule has 1 amide bonds. The molecule has 0 aliphatic carbocycles. The quantitative estimate of drug-likeness (QED) is 0.523. The summed E-state index contributed by atoms with van der Waals surface area (Å²) in [7, 11) is 1.65. The van der Waals surface area contributed by atoms with E-state index in [4.69, 9.17) is 5.21 Å².